The maximum absolute atomic E-state index is 12.5. The first-order valence-corrected chi connectivity index (χ1v) is 8.13. The number of hydrogen-bond donors (Lipinski definition) is 1. The molecular weight excluding hydrogens is 268 g/mol. The van der Waals surface area contributed by atoms with Gasteiger partial charge in [-0.3, -0.25) is 4.79 Å². The van der Waals surface area contributed by atoms with E-state index in [2.05, 4.69) is 0 Å². The Morgan fingerprint density at radius 3 is 2.58 bits per heavy atom. The van der Waals surface area contributed by atoms with Gasteiger partial charge in [0.15, 0.2) is 0 Å². The highest BCUT2D eigenvalue weighted by atomic mass is 32.2. The van der Waals surface area contributed by atoms with Gasteiger partial charge in [0.1, 0.15) is 0 Å². The molecule has 0 amide bonds. The van der Waals surface area contributed by atoms with Gasteiger partial charge in [-0.2, -0.15) is 17.0 Å². The fourth-order valence-electron chi connectivity index (χ4n) is 2.29. The van der Waals surface area contributed by atoms with Crippen LogP contribution in [0.25, 0.3) is 0 Å². The molecule has 0 aromatic heterocycles. The highest BCUT2D eigenvalue weighted by molar-refractivity contribution is 7.86. The van der Waals surface area contributed by atoms with Crippen LogP contribution in [0.3, 0.4) is 0 Å². The predicted octanol–water partition coefficient (Wildman–Crippen LogP) is 1.29. The Bertz CT molecular complexity index is 408. The summed E-state index contributed by atoms with van der Waals surface area (Å²) in [7, 11) is -1.91. The van der Waals surface area contributed by atoms with Crippen LogP contribution in [0.5, 0.6) is 0 Å². The van der Waals surface area contributed by atoms with Crippen molar-refractivity contribution < 1.29 is 18.3 Å². The monoisotopic (exact) mass is 292 g/mol. The minimum atomic E-state index is -3.48. The second kappa shape index (κ2) is 6.67. The molecule has 0 aliphatic carbocycles. The zero-order valence-corrected chi connectivity index (χ0v) is 12.7. The van der Waals surface area contributed by atoms with Crippen LogP contribution in [0, 0.1) is 0 Å². The molecule has 6 nitrogen and oxygen atoms in total. The number of piperidine rings is 1. The van der Waals surface area contributed by atoms with Crippen molar-refractivity contribution in [2.24, 2.45) is 0 Å². The Morgan fingerprint density at radius 1 is 1.42 bits per heavy atom. The summed E-state index contributed by atoms with van der Waals surface area (Å²) in [6.45, 7) is 4.14. The Kier molecular flexibility index (Phi) is 5.76. The summed E-state index contributed by atoms with van der Waals surface area (Å²) < 4.78 is 27.8. The molecule has 1 unspecified atom stereocenters. The molecule has 1 fully saturated rings. The van der Waals surface area contributed by atoms with E-state index in [1.807, 2.05) is 13.8 Å². The van der Waals surface area contributed by atoms with Gasteiger partial charge in [0.2, 0.25) is 0 Å². The smallest absolute Gasteiger partial charge is 0.303 e. The third kappa shape index (κ3) is 4.15. The van der Waals surface area contributed by atoms with Crippen LogP contribution < -0.4 is 0 Å². The second-order valence-corrected chi connectivity index (χ2v) is 7.25. The van der Waals surface area contributed by atoms with E-state index in [4.69, 9.17) is 5.11 Å². The Balaban J connectivity index is 2.84. The number of rotatable bonds is 6. The fourth-order valence-corrected chi connectivity index (χ4v) is 4.10. The van der Waals surface area contributed by atoms with E-state index in [0.29, 0.717) is 13.0 Å². The molecule has 112 valence electrons. The normalized spacial score (nSPS) is 22.1. The summed E-state index contributed by atoms with van der Waals surface area (Å²) >= 11 is 0. The van der Waals surface area contributed by atoms with Gasteiger partial charge < -0.3 is 5.11 Å². The zero-order chi connectivity index (χ0) is 14.6. The average Bonchev–Trinajstić information content (AvgIpc) is 2.35. The first-order chi connectivity index (χ1) is 8.76. The number of aliphatic carboxylic acids is 1. The van der Waals surface area contributed by atoms with Crippen molar-refractivity contribution in [2.75, 3.05) is 13.6 Å². The fraction of sp³-hybridized carbons (Fsp3) is 0.917. The van der Waals surface area contributed by atoms with Gasteiger partial charge in [-0.05, 0) is 33.1 Å². The summed E-state index contributed by atoms with van der Waals surface area (Å²) in [6.07, 6.45) is 2.96. The van der Waals surface area contributed by atoms with Crippen molar-refractivity contribution in [3.8, 4) is 0 Å². The summed E-state index contributed by atoms with van der Waals surface area (Å²) in [5, 5.41) is 8.75. The van der Waals surface area contributed by atoms with Gasteiger partial charge in [0.25, 0.3) is 10.2 Å². The van der Waals surface area contributed by atoms with Crippen LogP contribution in [0.1, 0.15) is 46.0 Å². The lowest BCUT2D eigenvalue weighted by Gasteiger charge is -2.38. The summed E-state index contributed by atoms with van der Waals surface area (Å²) in [6, 6.07) is -0.289. The summed E-state index contributed by atoms with van der Waals surface area (Å²) in [5.41, 5.74) is 0. The quantitative estimate of drug-likeness (QED) is 0.800. The SMILES string of the molecule is CC(C)N(C)S(=O)(=O)N1CCCCC1CCC(=O)O. The van der Waals surface area contributed by atoms with E-state index in [1.165, 1.54) is 8.61 Å². The molecule has 1 atom stereocenters. The predicted molar refractivity (Wildman–Crippen MR) is 73.0 cm³/mol. The lowest BCUT2D eigenvalue weighted by Crippen LogP contribution is -2.51. The highest BCUT2D eigenvalue weighted by Crippen LogP contribution is 2.25. The number of carboxylic acid groups (broad SMARTS) is 1. The second-order valence-electron chi connectivity index (χ2n) is 5.31. The van der Waals surface area contributed by atoms with E-state index in [1.54, 1.807) is 7.05 Å². The molecule has 0 bridgehead atoms. The van der Waals surface area contributed by atoms with Crippen LogP contribution >= 0.6 is 0 Å². The minimum absolute atomic E-state index is 0.0160. The molecule has 0 aromatic rings. The average molecular weight is 292 g/mol. The molecule has 7 heteroatoms. The van der Waals surface area contributed by atoms with Crippen molar-refractivity contribution in [2.45, 2.75) is 58.0 Å². The van der Waals surface area contributed by atoms with E-state index >= 15 is 0 Å². The van der Waals surface area contributed by atoms with Crippen molar-refractivity contribution in [1.29, 1.82) is 0 Å². The van der Waals surface area contributed by atoms with Crippen molar-refractivity contribution in [3.05, 3.63) is 0 Å². The van der Waals surface area contributed by atoms with Gasteiger partial charge in [-0.1, -0.05) is 6.42 Å². The van der Waals surface area contributed by atoms with Gasteiger partial charge >= 0.3 is 5.97 Å². The zero-order valence-electron chi connectivity index (χ0n) is 11.9. The van der Waals surface area contributed by atoms with E-state index < -0.39 is 16.2 Å². The molecule has 0 radical (unpaired) electrons. The number of carboxylic acids is 1. The van der Waals surface area contributed by atoms with Gasteiger partial charge in [0.05, 0.1) is 0 Å². The van der Waals surface area contributed by atoms with Crippen LogP contribution in [0.4, 0.5) is 0 Å². The van der Waals surface area contributed by atoms with E-state index in [9.17, 15) is 13.2 Å². The topological polar surface area (TPSA) is 77.9 Å². The van der Waals surface area contributed by atoms with Crippen LogP contribution in [-0.4, -0.2) is 53.8 Å². The molecule has 0 spiro atoms. The molecule has 1 rings (SSSR count). The van der Waals surface area contributed by atoms with E-state index in [-0.39, 0.29) is 18.5 Å². The molecule has 1 saturated heterocycles. The molecule has 1 N–H and O–H groups in total. The van der Waals surface area contributed by atoms with Crippen LogP contribution in [-0.2, 0) is 15.0 Å². The molecule has 0 aromatic carbocycles. The summed E-state index contributed by atoms with van der Waals surface area (Å²) in [5.74, 6) is -0.875. The molecule has 1 aliphatic heterocycles. The largest absolute Gasteiger partial charge is 0.481 e. The third-order valence-corrected chi connectivity index (χ3v) is 5.87. The number of carbonyl (C=O) groups is 1. The maximum Gasteiger partial charge on any atom is 0.303 e. The van der Waals surface area contributed by atoms with E-state index in [0.717, 1.165) is 19.3 Å². The lowest BCUT2D eigenvalue weighted by atomic mass is 10.0. The van der Waals surface area contributed by atoms with Gasteiger partial charge in [-0.15, -0.1) is 0 Å². The first kappa shape index (κ1) is 16.4. The number of hydrogen-bond acceptors (Lipinski definition) is 3. The first-order valence-electron chi connectivity index (χ1n) is 6.73. The highest BCUT2D eigenvalue weighted by Gasteiger charge is 2.35. The van der Waals surface area contributed by atoms with Gasteiger partial charge in [-0.25, -0.2) is 0 Å². The maximum atomic E-state index is 12.5. The van der Waals surface area contributed by atoms with Gasteiger partial charge in [0, 0.05) is 32.1 Å². The summed E-state index contributed by atoms with van der Waals surface area (Å²) in [4.78, 5) is 10.7. The molecule has 1 heterocycles. The van der Waals surface area contributed by atoms with Crippen molar-refractivity contribution in [1.82, 2.24) is 8.61 Å². The van der Waals surface area contributed by atoms with Crippen LogP contribution in [0.15, 0.2) is 0 Å². The third-order valence-electron chi connectivity index (χ3n) is 3.65. The van der Waals surface area contributed by atoms with Crippen molar-refractivity contribution in [3.63, 3.8) is 0 Å². The molecule has 1 aliphatic rings. The Hall–Kier alpha value is -0.660. The lowest BCUT2D eigenvalue weighted by molar-refractivity contribution is -0.137. The molecular formula is C12H24N2O4S. The number of nitrogens with zero attached hydrogens (tertiary/aromatic N) is 2. The van der Waals surface area contributed by atoms with Crippen molar-refractivity contribution >= 4 is 16.2 Å². The Labute approximate surface area is 115 Å². The molecule has 0 saturated carbocycles. The van der Waals surface area contributed by atoms with Crippen LogP contribution in [0.2, 0.25) is 0 Å². The molecule has 19 heavy (non-hydrogen) atoms. The Morgan fingerprint density at radius 2 is 2.05 bits per heavy atom. The minimum Gasteiger partial charge on any atom is -0.481 e. The standard InChI is InChI=1S/C12H24N2O4S/c1-10(2)13(3)19(17,18)14-9-5-4-6-11(14)7-8-12(15)16/h10-11H,4-9H2,1-3H3,(H,15,16).